The van der Waals surface area contributed by atoms with Gasteiger partial charge >= 0.3 is 0 Å². The van der Waals surface area contributed by atoms with Crippen LogP contribution >= 0.6 is 15.9 Å². The smallest absolute Gasteiger partial charge is 0.250 e. The van der Waals surface area contributed by atoms with E-state index < -0.39 is 0 Å². The third kappa shape index (κ3) is 2.13. The highest BCUT2D eigenvalue weighted by atomic mass is 79.9. The van der Waals surface area contributed by atoms with Gasteiger partial charge in [0, 0.05) is 6.08 Å². The second-order valence-electron chi connectivity index (χ2n) is 4.44. The highest BCUT2D eigenvalue weighted by Crippen LogP contribution is 2.36. The van der Waals surface area contributed by atoms with Gasteiger partial charge in [0.25, 0.3) is 5.89 Å². The monoisotopic (exact) mass is 309 g/mol. The van der Waals surface area contributed by atoms with Crippen LogP contribution in [-0.2, 0) is 5.54 Å². The van der Waals surface area contributed by atoms with E-state index in [0.29, 0.717) is 22.1 Å². The second kappa shape index (κ2) is 4.37. The molecule has 2 aromatic heterocycles. The molecule has 94 valence electrons. The lowest BCUT2D eigenvalue weighted by Gasteiger charge is -2.34. The second-order valence-corrected chi connectivity index (χ2v) is 5.22. The molecule has 0 radical (unpaired) electrons. The van der Waals surface area contributed by atoms with Gasteiger partial charge in [-0.2, -0.15) is 4.98 Å². The summed E-state index contributed by atoms with van der Waals surface area (Å²) in [6, 6.07) is 3.66. The molecule has 0 aliphatic heterocycles. The third-order valence-electron chi connectivity index (χ3n) is 3.12. The zero-order valence-electron chi connectivity index (χ0n) is 9.60. The molecule has 2 aromatic rings. The molecule has 0 atom stereocenters. The Morgan fingerprint density at radius 1 is 1.33 bits per heavy atom. The Bertz CT molecular complexity index is 584. The van der Waals surface area contributed by atoms with Crippen molar-refractivity contribution in [2.45, 2.75) is 24.8 Å². The number of furan rings is 1. The molecular weight excluding hydrogens is 298 g/mol. The summed E-state index contributed by atoms with van der Waals surface area (Å²) in [7, 11) is 0. The van der Waals surface area contributed by atoms with E-state index in [1.807, 2.05) is 12.1 Å². The summed E-state index contributed by atoms with van der Waals surface area (Å²) in [5.74, 6) is 1.75. The summed E-state index contributed by atoms with van der Waals surface area (Å²) >= 11 is 3.24. The molecular formula is C12H12BrN3O2. The molecule has 1 fully saturated rings. The summed E-state index contributed by atoms with van der Waals surface area (Å²) in [6.07, 6.45) is 6.44. The van der Waals surface area contributed by atoms with E-state index in [1.54, 1.807) is 12.2 Å². The number of rotatable bonds is 3. The number of aromatic nitrogens is 2. The van der Waals surface area contributed by atoms with Crippen molar-refractivity contribution < 1.29 is 8.94 Å². The highest BCUT2D eigenvalue weighted by molar-refractivity contribution is 9.10. The van der Waals surface area contributed by atoms with E-state index in [0.717, 1.165) is 19.3 Å². The Balaban J connectivity index is 1.75. The SMILES string of the molecule is NC1(c2noc(/C=C/c3ccc(Br)o3)n2)CCC1. The number of hydrogen-bond acceptors (Lipinski definition) is 5. The van der Waals surface area contributed by atoms with Gasteiger partial charge in [0.2, 0.25) is 0 Å². The Kier molecular flexibility index (Phi) is 2.83. The Labute approximate surface area is 112 Å². The predicted octanol–water partition coefficient (Wildman–Crippen LogP) is 2.93. The van der Waals surface area contributed by atoms with Crippen molar-refractivity contribution in [1.29, 1.82) is 0 Å². The Morgan fingerprint density at radius 3 is 2.78 bits per heavy atom. The predicted molar refractivity (Wildman–Crippen MR) is 69.4 cm³/mol. The molecule has 5 nitrogen and oxygen atoms in total. The average Bonchev–Trinajstić information content (AvgIpc) is 2.92. The standard InChI is InChI=1S/C12H12BrN3O2/c13-9-4-2-8(17-9)3-5-10-15-11(16-18-10)12(14)6-1-7-12/h2-5H,1,6-7,14H2/b5-3+. The Morgan fingerprint density at radius 2 is 2.17 bits per heavy atom. The van der Waals surface area contributed by atoms with Crippen LogP contribution in [0.4, 0.5) is 0 Å². The molecule has 1 saturated carbocycles. The first-order chi connectivity index (χ1) is 8.66. The van der Waals surface area contributed by atoms with Crippen molar-refractivity contribution in [3.05, 3.63) is 34.3 Å². The molecule has 2 heterocycles. The lowest BCUT2D eigenvalue weighted by Crippen LogP contribution is -2.44. The van der Waals surface area contributed by atoms with Gasteiger partial charge in [-0.25, -0.2) is 0 Å². The molecule has 3 rings (SSSR count). The normalized spacial score (nSPS) is 18.1. The van der Waals surface area contributed by atoms with Gasteiger partial charge in [-0.3, -0.25) is 0 Å². The fourth-order valence-electron chi connectivity index (χ4n) is 1.86. The minimum absolute atomic E-state index is 0.386. The van der Waals surface area contributed by atoms with Crippen LogP contribution in [0.2, 0.25) is 0 Å². The van der Waals surface area contributed by atoms with Gasteiger partial charge in [-0.05, 0) is 53.4 Å². The number of nitrogens with zero attached hydrogens (tertiary/aromatic N) is 2. The first-order valence-corrected chi connectivity index (χ1v) is 6.51. The maximum absolute atomic E-state index is 6.11. The van der Waals surface area contributed by atoms with Crippen LogP contribution in [0, 0.1) is 0 Å². The Hall–Kier alpha value is -1.40. The zero-order valence-corrected chi connectivity index (χ0v) is 11.2. The van der Waals surface area contributed by atoms with Crippen LogP contribution in [0.1, 0.15) is 36.7 Å². The first-order valence-electron chi connectivity index (χ1n) is 5.72. The van der Waals surface area contributed by atoms with Crippen LogP contribution in [0.15, 0.2) is 25.7 Å². The number of halogens is 1. The molecule has 0 unspecified atom stereocenters. The highest BCUT2D eigenvalue weighted by Gasteiger charge is 2.38. The van der Waals surface area contributed by atoms with Gasteiger partial charge in [0.05, 0.1) is 5.54 Å². The van der Waals surface area contributed by atoms with E-state index in [9.17, 15) is 0 Å². The minimum Gasteiger partial charge on any atom is -0.450 e. The first kappa shape index (κ1) is 11.7. The summed E-state index contributed by atoms with van der Waals surface area (Å²) < 4.78 is 11.1. The fourth-order valence-corrected chi connectivity index (χ4v) is 2.18. The van der Waals surface area contributed by atoms with E-state index in [4.69, 9.17) is 14.7 Å². The largest absolute Gasteiger partial charge is 0.450 e. The third-order valence-corrected chi connectivity index (χ3v) is 3.54. The molecule has 0 aromatic carbocycles. The summed E-state index contributed by atoms with van der Waals surface area (Å²) in [6.45, 7) is 0. The van der Waals surface area contributed by atoms with Crippen molar-refractivity contribution in [1.82, 2.24) is 10.1 Å². The molecule has 6 heteroatoms. The van der Waals surface area contributed by atoms with Gasteiger partial charge in [-0.15, -0.1) is 0 Å². The number of hydrogen-bond donors (Lipinski definition) is 1. The topological polar surface area (TPSA) is 78.1 Å². The van der Waals surface area contributed by atoms with Crippen molar-refractivity contribution in [3.63, 3.8) is 0 Å². The summed E-state index contributed by atoms with van der Waals surface area (Å²) in [5.41, 5.74) is 5.73. The van der Waals surface area contributed by atoms with E-state index in [2.05, 4.69) is 26.1 Å². The van der Waals surface area contributed by atoms with Crippen molar-refractivity contribution in [2.24, 2.45) is 5.73 Å². The minimum atomic E-state index is -0.386. The quantitative estimate of drug-likeness (QED) is 0.943. The van der Waals surface area contributed by atoms with E-state index in [-0.39, 0.29) is 5.54 Å². The molecule has 0 spiro atoms. The van der Waals surface area contributed by atoms with Gasteiger partial charge in [-0.1, -0.05) is 5.16 Å². The molecule has 0 amide bonds. The molecule has 1 aliphatic carbocycles. The van der Waals surface area contributed by atoms with Crippen LogP contribution < -0.4 is 5.73 Å². The van der Waals surface area contributed by atoms with Crippen LogP contribution in [0.25, 0.3) is 12.2 Å². The van der Waals surface area contributed by atoms with Gasteiger partial charge in [0.15, 0.2) is 10.5 Å². The van der Waals surface area contributed by atoms with E-state index in [1.165, 1.54) is 0 Å². The molecule has 1 aliphatic rings. The maximum Gasteiger partial charge on any atom is 0.250 e. The molecule has 18 heavy (non-hydrogen) atoms. The molecule has 0 saturated heterocycles. The van der Waals surface area contributed by atoms with Crippen molar-refractivity contribution >= 4 is 28.1 Å². The lowest BCUT2D eigenvalue weighted by atomic mass is 9.77. The fraction of sp³-hybridized carbons (Fsp3) is 0.333. The molecule has 0 bridgehead atoms. The van der Waals surface area contributed by atoms with Gasteiger partial charge in [0.1, 0.15) is 5.76 Å². The van der Waals surface area contributed by atoms with Crippen LogP contribution in [0.3, 0.4) is 0 Å². The van der Waals surface area contributed by atoms with Crippen molar-refractivity contribution in [2.75, 3.05) is 0 Å². The van der Waals surface area contributed by atoms with Gasteiger partial charge < -0.3 is 14.7 Å². The lowest BCUT2D eigenvalue weighted by molar-refractivity contribution is 0.229. The van der Waals surface area contributed by atoms with E-state index >= 15 is 0 Å². The van der Waals surface area contributed by atoms with Crippen molar-refractivity contribution in [3.8, 4) is 0 Å². The number of nitrogens with two attached hydrogens (primary N) is 1. The summed E-state index contributed by atoms with van der Waals surface area (Å²) in [4.78, 5) is 4.28. The maximum atomic E-state index is 6.11. The average molecular weight is 310 g/mol. The molecule has 2 N–H and O–H groups in total. The zero-order chi connectivity index (χ0) is 12.6. The van der Waals surface area contributed by atoms with Crippen LogP contribution in [0.5, 0.6) is 0 Å². The summed E-state index contributed by atoms with van der Waals surface area (Å²) in [5, 5.41) is 3.93. The van der Waals surface area contributed by atoms with Crippen LogP contribution in [-0.4, -0.2) is 10.1 Å².